The maximum atomic E-state index is 12.7. The average Bonchev–Trinajstić information content (AvgIpc) is 3.32. The zero-order chi connectivity index (χ0) is 25.6. The van der Waals surface area contributed by atoms with E-state index in [0.717, 1.165) is 72.4 Å². The number of aryl methyl sites for hydroxylation is 1. The van der Waals surface area contributed by atoms with Gasteiger partial charge in [-0.1, -0.05) is 36.4 Å². The summed E-state index contributed by atoms with van der Waals surface area (Å²) in [5.74, 6) is -0.507. The van der Waals surface area contributed by atoms with Gasteiger partial charge in [-0.25, -0.2) is 4.79 Å². The molecular weight excluding hydrogens is 468 g/mol. The Morgan fingerprint density at radius 3 is 2.68 bits per heavy atom. The van der Waals surface area contributed by atoms with E-state index in [1.807, 2.05) is 54.7 Å². The van der Waals surface area contributed by atoms with Crippen LogP contribution in [0.25, 0.3) is 11.3 Å². The largest absolute Gasteiger partial charge is 0.461 e. The van der Waals surface area contributed by atoms with Crippen LogP contribution in [0, 0.1) is 5.92 Å². The van der Waals surface area contributed by atoms with Crippen molar-refractivity contribution >= 4 is 17.6 Å². The Morgan fingerprint density at radius 1 is 1.08 bits per heavy atom. The second-order valence-corrected chi connectivity index (χ2v) is 9.61. The fraction of sp³-hybridized carbons (Fsp3) is 0.367. The summed E-state index contributed by atoms with van der Waals surface area (Å²) in [5.41, 5.74) is 6.55. The van der Waals surface area contributed by atoms with Gasteiger partial charge in [0.2, 0.25) is 0 Å². The van der Waals surface area contributed by atoms with Gasteiger partial charge in [-0.2, -0.15) is 0 Å². The highest BCUT2D eigenvalue weighted by Crippen LogP contribution is 2.35. The van der Waals surface area contributed by atoms with Gasteiger partial charge in [-0.3, -0.25) is 9.78 Å². The van der Waals surface area contributed by atoms with E-state index in [9.17, 15) is 9.59 Å². The van der Waals surface area contributed by atoms with Gasteiger partial charge >= 0.3 is 11.9 Å². The van der Waals surface area contributed by atoms with E-state index in [2.05, 4.69) is 11.0 Å². The van der Waals surface area contributed by atoms with Crippen molar-refractivity contribution < 1.29 is 23.8 Å². The fourth-order valence-electron chi connectivity index (χ4n) is 5.00. The molecule has 0 radical (unpaired) electrons. The summed E-state index contributed by atoms with van der Waals surface area (Å²) in [5, 5.41) is 0. The van der Waals surface area contributed by atoms with E-state index in [1.54, 1.807) is 7.11 Å². The first-order valence-corrected chi connectivity index (χ1v) is 12.9. The minimum atomic E-state index is -0.274. The van der Waals surface area contributed by atoms with Gasteiger partial charge in [0.15, 0.2) is 0 Å². The third-order valence-electron chi connectivity index (χ3n) is 7.09. The first-order chi connectivity index (χ1) is 18.1. The number of esters is 2. The van der Waals surface area contributed by atoms with Crippen molar-refractivity contribution in [2.75, 3.05) is 31.7 Å². The summed E-state index contributed by atoms with van der Waals surface area (Å²) in [7, 11) is 1.71. The molecule has 1 fully saturated rings. The van der Waals surface area contributed by atoms with Crippen molar-refractivity contribution in [3.8, 4) is 11.3 Å². The smallest absolute Gasteiger partial charge is 0.338 e. The van der Waals surface area contributed by atoms with E-state index in [0.29, 0.717) is 25.4 Å². The maximum Gasteiger partial charge on any atom is 0.338 e. The molecule has 0 unspecified atom stereocenters. The van der Waals surface area contributed by atoms with Crippen molar-refractivity contribution in [2.24, 2.45) is 5.92 Å². The normalized spacial score (nSPS) is 15.4. The number of hydrogen-bond donors (Lipinski definition) is 0. The number of benzene rings is 2. The van der Waals surface area contributed by atoms with Crippen LogP contribution in [0.4, 0.5) is 5.69 Å². The number of hydrogen-bond acceptors (Lipinski definition) is 7. The van der Waals surface area contributed by atoms with Crippen LogP contribution in [0.5, 0.6) is 0 Å². The molecule has 3 heterocycles. The van der Waals surface area contributed by atoms with Crippen molar-refractivity contribution in [1.82, 2.24) is 4.98 Å². The number of cyclic esters (lactones) is 1. The van der Waals surface area contributed by atoms with Crippen LogP contribution in [0.1, 0.15) is 46.3 Å². The molecule has 0 aliphatic carbocycles. The number of piperidine rings is 1. The zero-order valence-corrected chi connectivity index (χ0v) is 21.2. The van der Waals surface area contributed by atoms with Gasteiger partial charge in [0.05, 0.1) is 22.9 Å². The van der Waals surface area contributed by atoms with E-state index >= 15 is 0 Å². The first-order valence-electron chi connectivity index (χ1n) is 12.9. The molecule has 37 heavy (non-hydrogen) atoms. The van der Waals surface area contributed by atoms with Crippen LogP contribution in [0.2, 0.25) is 0 Å². The minimum absolute atomic E-state index is 0.107. The lowest BCUT2D eigenvalue weighted by Gasteiger charge is -2.34. The Labute approximate surface area is 217 Å². The lowest BCUT2D eigenvalue weighted by atomic mass is 9.95. The van der Waals surface area contributed by atoms with Gasteiger partial charge in [0.1, 0.15) is 13.2 Å². The highest BCUT2D eigenvalue weighted by molar-refractivity contribution is 5.94. The third kappa shape index (κ3) is 5.83. The molecule has 1 aromatic heterocycles. The number of carbonyl (C=O) groups is 2. The first kappa shape index (κ1) is 25.0. The van der Waals surface area contributed by atoms with Gasteiger partial charge in [-0.15, -0.1) is 0 Å². The summed E-state index contributed by atoms with van der Waals surface area (Å²) >= 11 is 0. The molecule has 192 valence electrons. The SMILES string of the molecule is COCCCc1cnc(-c2ccc3c(c2)COC3=O)c(N2CCC(C(=O)OCc3ccccc3)CC2)c1. The molecule has 2 aliphatic rings. The highest BCUT2D eigenvalue weighted by atomic mass is 16.5. The summed E-state index contributed by atoms with van der Waals surface area (Å²) in [6, 6.07) is 17.8. The topological polar surface area (TPSA) is 78.0 Å². The number of ether oxygens (including phenoxy) is 3. The number of pyridine rings is 1. The van der Waals surface area contributed by atoms with E-state index in [1.165, 1.54) is 0 Å². The molecule has 0 bridgehead atoms. The quantitative estimate of drug-likeness (QED) is 0.304. The Hall–Kier alpha value is -3.71. The van der Waals surface area contributed by atoms with Crippen LogP contribution >= 0.6 is 0 Å². The number of carbonyl (C=O) groups excluding carboxylic acids is 2. The van der Waals surface area contributed by atoms with E-state index in [4.69, 9.17) is 19.2 Å². The fourth-order valence-corrected chi connectivity index (χ4v) is 5.00. The van der Waals surface area contributed by atoms with Crippen LogP contribution in [-0.4, -0.2) is 43.7 Å². The lowest BCUT2D eigenvalue weighted by Crippen LogP contribution is -2.37. The zero-order valence-electron chi connectivity index (χ0n) is 21.2. The van der Waals surface area contributed by atoms with Crippen LogP contribution < -0.4 is 4.90 Å². The second kappa shape index (κ2) is 11.6. The molecule has 7 nitrogen and oxygen atoms in total. The number of fused-ring (bicyclic) bond motifs is 1. The molecule has 0 atom stereocenters. The molecule has 0 saturated carbocycles. The van der Waals surface area contributed by atoms with Crippen molar-refractivity contribution in [3.63, 3.8) is 0 Å². The van der Waals surface area contributed by atoms with Gasteiger partial charge in [0, 0.05) is 44.1 Å². The molecule has 5 rings (SSSR count). The molecule has 2 aromatic carbocycles. The molecule has 0 spiro atoms. The second-order valence-electron chi connectivity index (χ2n) is 9.61. The van der Waals surface area contributed by atoms with Crippen LogP contribution in [0.15, 0.2) is 60.8 Å². The summed E-state index contributed by atoms with van der Waals surface area (Å²) in [6.07, 6.45) is 5.19. The number of methoxy groups -OCH3 is 1. The van der Waals surface area contributed by atoms with E-state index < -0.39 is 0 Å². The lowest BCUT2D eigenvalue weighted by molar-refractivity contribution is -0.150. The number of rotatable bonds is 9. The Balaban J connectivity index is 1.31. The van der Waals surface area contributed by atoms with Gasteiger partial charge < -0.3 is 19.1 Å². The standard InChI is InChI=1S/C30H32N2O5/c1-35-15-5-8-22-16-27(28(31-18-22)24-9-10-26-25(17-24)20-37-30(26)34)32-13-11-23(12-14-32)29(33)36-19-21-6-3-2-4-7-21/h2-4,6-7,9-10,16-18,23H,5,8,11-15,19-20H2,1H3. The number of nitrogens with zero attached hydrogens (tertiary/aromatic N) is 2. The predicted octanol–water partition coefficient (Wildman–Crippen LogP) is 4.96. The maximum absolute atomic E-state index is 12.7. The van der Waals surface area contributed by atoms with Crippen molar-refractivity contribution in [3.05, 3.63) is 83.0 Å². The monoisotopic (exact) mass is 500 g/mol. The van der Waals surface area contributed by atoms with Crippen molar-refractivity contribution in [2.45, 2.75) is 38.9 Å². The molecule has 2 aliphatic heterocycles. The van der Waals surface area contributed by atoms with Crippen LogP contribution in [0.3, 0.4) is 0 Å². The van der Waals surface area contributed by atoms with Gasteiger partial charge in [-0.05, 0) is 55.0 Å². The molecule has 0 amide bonds. The molecule has 3 aromatic rings. The Kier molecular flexibility index (Phi) is 7.80. The number of anilines is 1. The predicted molar refractivity (Wildman–Crippen MR) is 140 cm³/mol. The molecule has 7 heteroatoms. The third-order valence-corrected chi connectivity index (χ3v) is 7.09. The summed E-state index contributed by atoms with van der Waals surface area (Å²) in [6.45, 7) is 2.79. The Bertz CT molecular complexity index is 1250. The van der Waals surface area contributed by atoms with Crippen LogP contribution in [-0.2, 0) is 38.6 Å². The summed E-state index contributed by atoms with van der Waals surface area (Å²) < 4.78 is 16.0. The number of aromatic nitrogens is 1. The van der Waals surface area contributed by atoms with E-state index in [-0.39, 0.29) is 17.9 Å². The molecule has 1 saturated heterocycles. The average molecular weight is 501 g/mol. The summed E-state index contributed by atoms with van der Waals surface area (Å²) in [4.78, 5) is 31.8. The van der Waals surface area contributed by atoms with Gasteiger partial charge in [0.25, 0.3) is 0 Å². The molecule has 0 N–H and O–H groups in total. The van der Waals surface area contributed by atoms with Crippen molar-refractivity contribution in [1.29, 1.82) is 0 Å². The highest BCUT2D eigenvalue weighted by Gasteiger charge is 2.28. The Morgan fingerprint density at radius 2 is 1.89 bits per heavy atom. The minimum Gasteiger partial charge on any atom is -0.461 e. The molecular formula is C30H32N2O5.